The van der Waals surface area contributed by atoms with E-state index in [4.69, 9.17) is 21.1 Å². The molecule has 6 heteroatoms. The second-order valence-electron chi connectivity index (χ2n) is 5.97. The molecule has 0 radical (unpaired) electrons. The van der Waals surface area contributed by atoms with E-state index < -0.39 is 0 Å². The van der Waals surface area contributed by atoms with Crippen LogP contribution in [0.4, 0.5) is 0 Å². The molecule has 0 bridgehead atoms. The average Bonchev–Trinajstić information content (AvgIpc) is 3.11. The van der Waals surface area contributed by atoms with Crippen molar-refractivity contribution in [1.82, 2.24) is 9.80 Å². The van der Waals surface area contributed by atoms with Crippen LogP contribution in [0, 0.1) is 0 Å². The van der Waals surface area contributed by atoms with Gasteiger partial charge in [-0.3, -0.25) is 9.69 Å². The maximum atomic E-state index is 12.3. The zero-order valence-electron chi connectivity index (χ0n) is 13.2. The van der Waals surface area contributed by atoms with E-state index in [1.54, 1.807) is 0 Å². The topological polar surface area (TPSA) is 42.0 Å². The fourth-order valence-electron chi connectivity index (χ4n) is 2.99. The highest BCUT2D eigenvalue weighted by atomic mass is 35.5. The van der Waals surface area contributed by atoms with E-state index in [1.807, 2.05) is 29.2 Å². The molecule has 1 unspecified atom stereocenters. The Kier molecular flexibility index (Phi) is 5.75. The van der Waals surface area contributed by atoms with Gasteiger partial charge in [0, 0.05) is 44.4 Å². The summed E-state index contributed by atoms with van der Waals surface area (Å²) in [5.74, 6) is 1.00. The number of nitrogens with zero attached hydrogens (tertiary/aromatic N) is 2. The average molecular weight is 339 g/mol. The van der Waals surface area contributed by atoms with Gasteiger partial charge < -0.3 is 14.4 Å². The predicted molar refractivity (Wildman–Crippen MR) is 88.9 cm³/mol. The molecule has 23 heavy (non-hydrogen) atoms. The number of hydrogen-bond donors (Lipinski definition) is 0. The molecule has 3 rings (SSSR count). The van der Waals surface area contributed by atoms with E-state index >= 15 is 0 Å². The van der Waals surface area contributed by atoms with Gasteiger partial charge >= 0.3 is 0 Å². The highest BCUT2D eigenvalue weighted by molar-refractivity contribution is 6.30. The molecule has 1 aromatic carbocycles. The highest BCUT2D eigenvalue weighted by Crippen LogP contribution is 2.17. The van der Waals surface area contributed by atoms with Gasteiger partial charge in [0.05, 0.1) is 0 Å². The fourth-order valence-corrected chi connectivity index (χ4v) is 3.12. The van der Waals surface area contributed by atoms with Gasteiger partial charge in [0.15, 0.2) is 0 Å². The summed E-state index contributed by atoms with van der Waals surface area (Å²) in [5, 5.41) is 0.712. The molecule has 1 atom stereocenters. The van der Waals surface area contributed by atoms with Crippen molar-refractivity contribution >= 4 is 17.5 Å². The van der Waals surface area contributed by atoms with E-state index in [2.05, 4.69) is 4.90 Å². The largest absolute Gasteiger partial charge is 0.492 e. The second kappa shape index (κ2) is 7.99. The number of amides is 1. The third-order valence-electron chi connectivity index (χ3n) is 4.38. The molecule has 0 aliphatic carbocycles. The summed E-state index contributed by atoms with van der Waals surface area (Å²) in [4.78, 5) is 16.5. The van der Waals surface area contributed by atoms with Crippen molar-refractivity contribution in [3.05, 3.63) is 29.3 Å². The minimum absolute atomic E-state index is 0.166. The van der Waals surface area contributed by atoms with Crippen molar-refractivity contribution in [1.29, 1.82) is 0 Å². The van der Waals surface area contributed by atoms with E-state index in [0.29, 0.717) is 11.6 Å². The van der Waals surface area contributed by atoms with E-state index in [9.17, 15) is 4.79 Å². The SMILES string of the molecule is O=C(C1CCCO1)N1CCN(CCOc2ccc(Cl)cc2)CC1. The zero-order valence-corrected chi connectivity index (χ0v) is 14.0. The lowest BCUT2D eigenvalue weighted by Gasteiger charge is -2.35. The number of piperazine rings is 1. The first-order chi connectivity index (χ1) is 11.2. The van der Waals surface area contributed by atoms with Crippen LogP contribution in [0.15, 0.2) is 24.3 Å². The Morgan fingerprint density at radius 2 is 1.96 bits per heavy atom. The highest BCUT2D eigenvalue weighted by Gasteiger charge is 2.30. The quantitative estimate of drug-likeness (QED) is 0.824. The summed E-state index contributed by atoms with van der Waals surface area (Å²) in [6.45, 7) is 5.56. The van der Waals surface area contributed by atoms with Gasteiger partial charge in [-0.05, 0) is 37.1 Å². The van der Waals surface area contributed by atoms with Gasteiger partial charge in [-0.1, -0.05) is 11.6 Å². The Balaban J connectivity index is 1.36. The van der Waals surface area contributed by atoms with Crippen molar-refractivity contribution in [2.75, 3.05) is 45.9 Å². The molecule has 2 aliphatic heterocycles. The minimum atomic E-state index is -0.199. The second-order valence-corrected chi connectivity index (χ2v) is 6.41. The maximum absolute atomic E-state index is 12.3. The summed E-state index contributed by atoms with van der Waals surface area (Å²) in [6.07, 6.45) is 1.67. The van der Waals surface area contributed by atoms with Crippen molar-refractivity contribution in [3.63, 3.8) is 0 Å². The number of hydrogen-bond acceptors (Lipinski definition) is 4. The number of ether oxygens (including phenoxy) is 2. The lowest BCUT2D eigenvalue weighted by Crippen LogP contribution is -2.52. The number of carbonyl (C=O) groups excluding carboxylic acids is 1. The van der Waals surface area contributed by atoms with Crippen LogP contribution in [-0.4, -0.2) is 67.7 Å². The smallest absolute Gasteiger partial charge is 0.251 e. The van der Waals surface area contributed by atoms with Crippen LogP contribution >= 0.6 is 11.6 Å². The molecule has 2 fully saturated rings. The van der Waals surface area contributed by atoms with E-state index in [1.165, 1.54) is 0 Å². The first-order valence-electron chi connectivity index (χ1n) is 8.23. The van der Waals surface area contributed by atoms with Gasteiger partial charge in [-0.25, -0.2) is 0 Å². The van der Waals surface area contributed by atoms with Crippen LogP contribution in [0.3, 0.4) is 0 Å². The summed E-state index contributed by atoms with van der Waals surface area (Å²) in [7, 11) is 0. The van der Waals surface area contributed by atoms with Crippen LogP contribution < -0.4 is 4.74 Å². The molecule has 126 valence electrons. The molecule has 0 N–H and O–H groups in total. The maximum Gasteiger partial charge on any atom is 0.251 e. The third kappa shape index (κ3) is 4.59. The Morgan fingerprint density at radius 3 is 2.61 bits per heavy atom. The summed E-state index contributed by atoms with van der Waals surface area (Å²) < 4.78 is 11.2. The van der Waals surface area contributed by atoms with Gasteiger partial charge in [-0.15, -0.1) is 0 Å². The number of benzene rings is 1. The van der Waals surface area contributed by atoms with E-state index in [0.717, 1.165) is 57.9 Å². The van der Waals surface area contributed by atoms with Crippen LogP contribution in [0.1, 0.15) is 12.8 Å². The van der Waals surface area contributed by atoms with Gasteiger partial charge in [0.1, 0.15) is 18.5 Å². The Hall–Kier alpha value is -1.30. The normalized spacial score (nSPS) is 22.3. The standard InChI is InChI=1S/C17H23ClN2O3/c18-14-3-5-15(6-4-14)22-13-11-19-7-9-20(10-8-19)17(21)16-2-1-12-23-16/h3-6,16H,1-2,7-13H2. The van der Waals surface area contributed by atoms with E-state index in [-0.39, 0.29) is 12.0 Å². The number of halogens is 1. The first kappa shape index (κ1) is 16.6. The molecule has 5 nitrogen and oxygen atoms in total. The van der Waals surface area contributed by atoms with Crippen LogP contribution in [0.5, 0.6) is 5.75 Å². The molecule has 0 saturated carbocycles. The van der Waals surface area contributed by atoms with Crippen LogP contribution in [0.2, 0.25) is 5.02 Å². The van der Waals surface area contributed by atoms with Crippen LogP contribution in [0.25, 0.3) is 0 Å². The summed E-state index contributed by atoms with van der Waals surface area (Å²) in [6, 6.07) is 7.40. The first-order valence-corrected chi connectivity index (χ1v) is 8.61. The van der Waals surface area contributed by atoms with Crippen LogP contribution in [-0.2, 0) is 9.53 Å². The molecule has 0 aromatic heterocycles. The lowest BCUT2D eigenvalue weighted by molar-refractivity contribution is -0.142. The Morgan fingerprint density at radius 1 is 1.22 bits per heavy atom. The molecule has 1 aromatic rings. The van der Waals surface area contributed by atoms with Crippen molar-refractivity contribution < 1.29 is 14.3 Å². The molecule has 2 aliphatic rings. The monoisotopic (exact) mass is 338 g/mol. The van der Waals surface area contributed by atoms with Gasteiger partial charge in [0.25, 0.3) is 5.91 Å². The number of rotatable bonds is 5. The number of carbonyl (C=O) groups is 1. The summed E-state index contributed by atoms with van der Waals surface area (Å²) >= 11 is 5.85. The minimum Gasteiger partial charge on any atom is -0.492 e. The molecule has 1 amide bonds. The molecular weight excluding hydrogens is 316 g/mol. The van der Waals surface area contributed by atoms with Gasteiger partial charge in [-0.2, -0.15) is 0 Å². The molecular formula is C17H23ClN2O3. The third-order valence-corrected chi connectivity index (χ3v) is 4.63. The predicted octanol–water partition coefficient (Wildman–Crippen LogP) is 2.04. The molecule has 2 saturated heterocycles. The molecule has 0 spiro atoms. The molecule has 2 heterocycles. The van der Waals surface area contributed by atoms with Crippen molar-refractivity contribution in [2.45, 2.75) is 18.9 Å². The Labute approximate surface area is 142 Å². The Bertz CT molecular complexity index is 509. The lowest BCUT2D eigenvalue weighted by atomic mass is 10.2. The van der Waals surface area contributed by atoms with Gasteiger partial charge in [0.2, 0.25) is 0 Å². The summed E-state index contributed by atoms with van der Waals surface area (Å²) in [5.41, 5.74) is 0. The van der Waals surface area contributed by atoms with Crippen molar-refractivity contribution in [3.8, 4) is 5.75 Å². The fraction of sp³-hybridized carbons (Fsp3) is 0.588. The van der Waals surface area contributed by atoms with Crippen molar-refractivity contribution in [2.24, 2.45) is 0 Å². The zero-order chi connectivity index (χ0) is 16.1.